The number of hydrogen-bond donors (Lipinski definition) is 2. The van der Waals surface area contributed by atoms with E-state index < -0.39 is 10.8 Å². The number of aliphatic imine (C=N–C) groups is 1. The Morgan fingerprint density at radius 2 is 1.97 bits per heavy atom. The number of aryl methyl sites for hydroxylation is 1. The van der Waals surface area contributed by atoms with Crippen LogP contribution in [0.3, 0.4) is 0 Å². The second kappa shape index (κ2) is 10.6. The Kier molecular flexibility index (Phi) is 7.83. The third-order valence-electron chi connectivity index (χ3n) is 4.88. The molecule has 1 amide bonds. The Morgan fingerprint density at radius 3 is 2.62 bits per heavy atom. The number of rotatable bonds is 7. The number of nitrogens with two attached hydrogens (primary N) is 1. The number of amides is 1. The van der Waals surface area contributed by atoms with Gasteiger partial charge in [-0.15, -0.1) is 0 Å². The maximum absolute atomic E-state index is 12.5. The van der Waals surface area contributed by atoms with E-state index in [1.54, 1.807) is 30.8 Å². The van der Waals surface area contributed by atoms with Gasteiger partial charge in [0, 0.05) is 47.4 Å². The lowest BCUT2D eigenvalue weighted by Crippen LogP contribution is -2.26. The molecule has 0 radical (unpaired) electrons. The van der Waals surface area contributed by atoms with Gasteiger partial charge >= 0.3 is 0 Å². The average molecular weight is 481 g/mol. The molecule has 0 saturated carbocycles. The molecule has 3 N–H and O–H groups in total. The summed E-state index contributed by atoms with van der Waals surface area (Å²) < 4.78 is 18.1. The lowest BCUT2D eigenvalue weighted by molar-refractivity contribution is -0.119. The summed E-state index contributed by atoms with van der Waals surface area (Å²) in [5, 5.41) is 3.57. The normalized spacial score (nSPS) is 13.3. The molecule has 34 heavy (non-hydrogen) atoms. The van der Waals surface area contributed by atoms with E-state index in [4.69, 9.17) is 10.5 Å². The molecular formula is C26H32N4O3S. The van der Waals surface area contributed by atoms with E-state index in [-0.39, 0.29) is 19.3 Å². The summed E-state index contributed by atoms with van der Waals surface area (Å²) in [5.41, 5.74) is 8.30. The van der Waals surface area contributed by atoms with Crippen molar-refractivity contribution in [1.82, 2.24) is 10.3 Å². The highest BCUT2D eigenvalue weighted by atomic mass is 32.2. The number of benzene rings is 2. The molecular weight excluding hydrogens is 448 g/mol. The smallest absolute Gasteiger partial charge is 0.228 e. The molecule has 2 aromatic carbocycles. The van der Waals surface area contributed by atoms with E-state index >= 15 is 0 Å². The molecule has 3 aromatic rings. The van der Waals surface area contributed by atoms with Gasteiger partial charge in [-0.05, 0) is 69.2 Å². The summed E-state index contributed by atoms with van der Waals surface area (Å²) in [6.07, 6.45) is 6.40. The van der Waals surface area contributed by atoms with E-state index in [9.17, 15) is 9.00 Å². The van der Waals surface area contributed by atoms with Crippen LogP contribution in [0.2, 0.25) is 0 Å². The Morgan fingerprint density at radius 1 is 1.21 bits per heavy atom. The van der Waals surface area contributed by atoms with Gasteiger partial charge in [0.1, 0.15) is 11.5 Å². The largest absolute Gasteiger partial charge is 0.456 e. The number of allylic oxidation sites excluding steroid dienone is 1. The second-order valence-electron chi connectivity index (χ2n) is 8.92. The number of nitrogens with zero attached hydrogens (tertiary/aromatic N) is 2. The molecule has 0 aliphatic rings. The van der Waals surface area contributed by atoms with Crippen LogP contribution in [-0.4, -0.2) is 33.1 Å². The van der Waals surface area contributed by atoms with Crippen molar-refractivity contribution in [2.45, 2.75) is 44.6 Å². The van der Waals surface area contributed by atoms with Gasteiger partial charge in [-0.3, -0.25) is 19.0 Å². The van der Waals surface area contributed by atoms with E-state index in [0.717, 1.165) is 22.0 Å². The SMILES string of the molecule is Cc1cc(CC(=O)N/C(C=NC(C)(C)C)=C/N)ccc1Oc1ccnc2ccc(S(C)=O)cc12.[HH]. The maximum Gasteiger partial charge on any atom is 0.228 e. The molecule has 1 aromatic heterocycles. The Balaban J connectivity index is 0.00000432. The second-order valence-corrected chi connectivity index (χ2v) is 10.3. The fourth-order valence-corrected chi connectivity index (χ4v) is 3.74. The van der Waals surface area contributed by atoms with Gasteiger partial charge in [0.25, 0.3) is 0 Å². The van der Waals surface area contributed by atoms with Gasteiger partial charge in [-0.1, -0.05) is 12.1 Å². The fourth-order valence-electron chi connectivity index (χ4n) is 3.19. The molecule has 0 saturated heterocycles. The predicted octanol–water partition coefficient (Wildman–Crippen LogP) is 4.65. The Hall–Kier alpha value is -3.52. The number of aromatic nitrogens is 1. The third kappa shape index (κ3) is 6.74. The molecule has 7 nitrogen and oxygen atoms in total. The van der Waals surface area contributed by atoms with E-state index in [1.165, 1.54) is 6.20 Å². The van der Waals surface area contributed by atoms with Crippen LogP contribution in [-0.2, 0) is 22.0 Å². The minimum Gasteiger partial charge on any atom is -0.456 e. The predicted molar refractivity (Wildman–Crippen MR) is 140 cm³/mol. The monoisotopic (exact) mass is 480 g/mol. The summed E-state index contributed by atoms with van der Waals surface area (Å²) >= 11 is 0. The number of ether oxygens (including phenoxy) is 1. The van der Waals surface area contributed by atoms with Gasteiger partial charge in [0.2, 0.25) is 5.91 Å². The van der Waals surface area contributed by atoms with Crippen molar-refractivity contribution in [3.8, 4) is 11.5 Å². The first-order chi connectivity index (χ1) is 16.1. The molecule has 0 aliphatic heterocycles. The summed E-state index contributed by atoms with van der Waals surface area (Å²) in [6, 6.07) is 12.9. The molecule has 0 aliphatic carbocycles. The number of hydrogen-bond acceptors (Lipinski definition) is 6. The Bertz CT molecular complexity index is 1300. The van der Waals surface area contributed by atoms with E-state index in [2.05, 4.69) is 15.3 Å². The summed E-state index contributed by atoms with van der Waals surface area (Å²) in [7, 11) is -1.11. The minimum absolute atomic E-state index is 0. The molecule has 1 atom stereocenters. The lowest BCUT2D eigenvalue weighted by atomic mass is 10.1. The molecule has 0 fully saturated rings. The molecule has 3 rings (SSSR count). The van der Waals surface area contributed by atoms with Gasteiger partial charge in [0.15, 0.2) is 0 Å². The van der Waals surface area contributed by atoms with Crippen molar-refractivity contribution < 1.29 is 15.2 Å². The first-order valence-electron chi connectivity index (χ1n) is 10.8. The van der Waals surface area contributed by atoms with Crippen LogP contribution in [0, 0.1) is 6.92 Å². The van der Waals surface area contributed by atoms with E-state index in [0.29, 0.717) is 22.1 Å². The van der Waals surface area contributed by atoms with Crippen LogP contribution in [0.5, 0.6) is 11.5 Å². The molecule has 180 valence electrons. The first kappa shape index (κ1) is 25.1. The lowest BCUT2D eigenvalue weighted by Gasteiger charge is -2.13. The van der Waals surface area contributed by atoms with Crippen LogP contribution in [0.15, 0.2) is 70.4 Å². The summed E-state index contributed by atoms with van der Waals surface area (Å²) in [6.45, 7) is 7.81. The van der Waals surface area contributed by atoms with Crippen LogP contribution >= 0.6 is 0 Å². The van der Waals surface area contributed by atoms with Crippen molar-refractivity contribution in [3.63, 3.8) is 0 Å². The zero-order valence-electron chi connectivity index (χ0n) is 20.1. The number of carbonyl (C=O) groups is 1. The third-order valence-corrected chi connectivity index (χ3v) is 5.80. The van der Waals surface area contributed by atoms with Crippen molar-refractivity contribution >= 4 is 33.8 Å². The zero-order chi connectivity index (χ0) is 24.9. The van der Waals surface area contributed by atoms with Crippen LogP contribution in [0.1, 0.15) is 33.3 Å². The van der Waals surface area contributed by atoms with Crippen molar-refractivity contribution in [1.29, 1.82) is 0 Å². The van der Waals surface area contributed by atoms with Gasteiger partial charge < -0.3 is 15.8 Å². The number of carbonyl (C=O) groups excluding carboxylic acids is 1. The van der Waals surface area contributed by atoms with Gasteiger partial charge in [-0.2, -0.15) is 0 Å². The molecule has 0 bridgehead atoms. The number of fused-ring (bicyclic) bond motifs is 1. The zero-order valence-corrected chi connectivity index (χ0v) is 20.9. The van der Waals surface area contributed by atoms with Crippen LogP contribution < -0.4 is 15.8 Å². The number of pyridine rings is 1. The highest BCUT2D eigenvalue weighted by molar-refractivity contribution is 7.84. The highest BCUT2D eigenvalue weighted by Gasteiger charge is 2.12. The van der Waals surface area contributed by atoms with Gasteiger partial charge in [0.05, 0.1) is 23.2 Å². The topological polar surface area (TPSA) is 107 Å². The number of nitrogens with one attached hydrogen (secondary N) is 1. The van der Waals surface area contributed by atoms with Crippen LogP contribution in [0.4, 0.5) is 0 Å². The standard InChI is InChI=1S/C26H30N4O3S.H2/c1-17-12-18(13-25(31)30-19(15-27)16-29-26(2,3)4)6-9-23(17)33-24-10-11-28-22-8-7-20(34(5)32)14-21(22)24;/h6-12,14-16H,13,27H2,1-5H3,(H,30,31);1H/b19-15+,29-16?;. The fraction of sp³-hybridized carbons (Fsp3) is 0.269. The highest BCUT2D eigenvalue weighted by Crippen LogP contribution is 2.32. The van der Waals surface area contributed by atoms with Gasteiger partial charge in [-0.25, -0.2) is 0 Å². The quantitative estimate of drug-likeness (QED) is 0.479. The average Bonchev–Trinajstić information content (AvgIpc) is 2.77. The molecule has 1 unspecified atom stereocenters. The van der Waals surface area contributed by atoms with Crippen LogP contribution in [0.25, 0.3) is 10.9 Å². The van der Waals surface area contributed by atoms with Crippen molar-refractivity contribution in [2.24, 2.45) is 10.7 Å². The van der Waals surface area contributed by atoms with E-state index in [1.807, 2.05) is 58.0 Å². The first-order valence-corrected chi connectivity index (χ1v) is 12.4. The molecule has 8 heteroatoms. The molecule has 0 spiro atoms. The summed E-state index contributed by atoms with van der Waals surface area (Å²) in [5.74, 6) is 1.10. The van der Waals surface area contributed by atoms with Crippen molar-refractivity contribution in [3.05, 3.63) is 71.7 Å². The maximum atomic E-state index is 12.5. The van der Waals surface area contributed by atoms with Crippen molar-refractivity contribution in [2.75, 3.05) is 6.26 Å². The molecule has 1 heterocycles. The minimum atomic E-state index is -1.11. The Labute approximate surface area is 204 Å². The summed E-state index contributed by atoms with van der Waals surface area (Å²) in [4.78, 5) is 21.9.